The van der Waals surface area contributed by atoms with Crippen LogP contribution in [-0.4, -0.2) is 16.6 Å². The van der Waals surface area contributed by atoms with E-state index in [0.29, 0.717) is 16.8 Å². The number of nitrogens with zero attached hydrogens (tertiary/aromatic N) is 2. The molecule has 0 spiro atoms. The molecule has 0 aromatic heterocycles. The number of anilines is 1. The third-order valence-electron chi connectivity index (χ3n) is 4.21. The first-order chi connectivity index (χ1) is 12.5. The Balaban J connectivity index is 1.74. The van der Waals surface area contributed by atoms with Gasteiger partial charge in [0.15, 0.2) is 5.78 Å². The highest BCUT2D eigenvalue weighted by Gasteiger charge is 2.29. The predicted octanol–water partition coefficient (Wildman–Crippen LogP) is 3.43. The summed E-state index contributed by atoms with van der Waals surface area (Å²) >= 11 is 0. The Bertz CT molecular complexity index is 894. The Kier molecular flexibility index (Phi) is 4.76. The second-order valence-corrected chi connectivity index (χ2v) is 6.12. The van der Waals surface area contributed by atoms with Crippen LogP contribution in [0.2, 0.25) is 0 Å². The van der Waals surface area contributed by atoms with E-state index in [4.69, 9.17) is 0 Å². The average Bonchev–Trinajstić information content (AvgIpc) is 3.48. The van der Waals surface area contributed by atoms with Gasteiger partial charge in [-0.15, -0.1) is 0 Å². The number of carbonyl (C=O) groups is 2. The summed E-state index contributed by atoms with van der Waals surface area (Å²) in [6, 6.07) is 13.7. The minimum absolute atomic E-state index is 0.0233. The number of carbonyl (C=O) groups excluding carboxylic acids is 2. The van der Waals surface area contributed by atoms with E-state index in [1.54, 1.807) is 24.3 Å². The second kappa shape index (κ2) is 7.15. The van der Waals surface area contributed by atoms with E-state index in [1.807, 2.05) is 6.07 Å². The molecule has 0 saturated heterocycles. The molecule has 1 aliphatic rings. The zero-order chi connectivity index (χ0) is 18.7. The normalized spacial score (nSPS) is 14.1. The van der Waals surface area contributed by atoms with Gasteiger partial charge in [-0.2, -0.15) is 5.26 Å². The number of hydrogen-bond donors (Lipinski definition) is 1. The van der Waals surface area contributed by atoms with Gasteiger partial charge < -0.3 is 5.32 Å². The van der Waals surface area contributed by atoms with Crippen molar-refractivity contribution in [1.82, 2.24) is 0 Å². The molecule has 1 N–H and O–H groups in total. The van der Waals surface area contributed by atoms with E-state index in [1.165, 1.54) is 24.3 Å². The number of hydrogen-bond acceptors (Lipinski definition) is 5. The average molecular weight is 349 g/mol. The first kappa shape index (κ1) is 17.3. The summed E-state index contributed by atoms with van der Waals surface area (Å²) in [5.74, 6) is -1.39. The van der Waals surface area contributed by atoms with Crippen molar-refractivity contribution >= 4 is 23.1 Å². The number of ketones is 1. The number of rotatable bonds is 6. The number of nitro groups is 1. The molecule has 1 amide bonds. The Morgan fingerprint density at radius 3 is 2.23 bits per heavy atom. The summed E-state index contributed by atoms with van der Waals surface area (Å²) in [6.45, 7) is 0. The topological polar surface area (TPSA) is 113 Å². The number of non-ortho nitro benzene ring substituents is 1. The number of nitro benzene ring substituents is 1. The molecule has 1 atom stereocenters. The zero-order valence-electron chi connectivity index (χ0n) is 13.7. The van der Waals surface area contributed by atoms with E-state index < -0.39 is 16.6 Å². The third-order valence-corrected chi connectivity index (χ3v) is 4.21. The van der Waals surface area contributed by atoms with Gasteiger partial charge in [-0.3, -0.25) is 19.7 Å². The van der Waals surface area contributed by atoms with Crippen LogP contribution in [0.1, 0.15) is 34.7 Å². The van der Waals surface area contributed by atoms with Gasteiger partial charge in [0, 0.05) is 29.3 Å². The zero-order valence-corrected chi connectivity index (χ0v) is 13.7. The maximum absolute atomic E-state index is 12.6. The summed E-state index contributed by atoms with van der Waals surface area (Å²) in [4.78, 5) is 34.5. The molecule has 26 heavy (non-hydrogen) atoms. The van der Waals surface area contributed by atoms with Crippen LogP contribution in [0.15, 0.2) is 48.5 Å². The van der Waals surface area contributed by atoms with Crippen LogP contribution in [0.25, 0.3) is 0 Å². The molecular formula is C19H15N3O4. The lowest BCUT2D eigenvalue weighted by Crippen LogP contribution is -2.14. The molecule has 2 aromatic rings. The van der Waals surface area contributed by atoms with E-state index in [-0.39, 0.29) is 17.5 Å². The predicted molar refractivity (Wildman–Crippen MR) is 93.6 cm³/mol. The van der Waals surface area contributed by atoms with Crippen molar-refractivity contribution in [2.24, 2.45) is 5.92 Å². The molecule has 0 bridgehead atoms. The van der Waals surface area contributed by atoms with Crippen LogP contribution >= 0.6 is 0 Å². The van der Waals surface area contributed by atoms with E-state index in [0.717, 1.165) is 12.8 Å². The second-order valence-electron chi connectivity index (χ2n) is 6.12. The number of benzene rings is 2. The first-order valence-corrected chi connectivity index (χ1v) is 8.08. The lowest BCUT2D eigenvalue weighted by molar-refractivity contribution is -0.384. The molecule has 1 aliphatic carbocycles. The summed E-state index contributed by atoms with van der Waals surface area (Å²) < 4.78 is 0. The quantitative estimate of drug-likeness (QED) is 0.487. The van der Waals surface area contributed by atoms with E-state index in [9.17, 15) is 25.0 Å². The molecule has 130 valence electrons. The molecular weight excluding hydrogens is 334 g/mol. The smallest absolute Gasteiger partial charge is 0.269 e. The lowest BCUT2D eigenvalue weighted by Gasteiger charge is -2.10. The minimum atomic E-state index is -1.05. The highest BCUT2D eigenvalue weighted by atomic mass is 16.6. The molecule has 0 aliphatic heterocycles. The van der Waals surface area contributed by atoms with Crippen molar-refractivity contribution in [2.45, 2.75) is 18.8 Å². The van der Waals surface area contributed by atoms with Crippen LogP contribution < -0.4 is 5.32 Å². The van der Waals surface area contributed by atoms with Crippen LogP contribution in [0, 0.1) is 27.4 Å². The highest BCUT2D eigenvalue weighted by Crippen LogP contribution is 2.30. The molecule has 0 radical (unpaired) electrons. The fraction of sp³-hybridized carbons (Fsp3) is 0.211. The van der Waals surface area contributed by atoms with E-state index >= 15 is 0 Å². The van der Waals surface area contributed by atoms with Gasteiger partial charge in [-0.05, 0) is 42.7 Å². The summed E-state index contributed by atoms with van der Waals surface area (Å²) in [6.07, 6.45) is 1.81. The largest absolute Gasteiger partial charge is 0.326 e. The molecule has 7 heteroatoms. The number of Topliss-reactive ketones (excluding diaryl/α,β-unsaturated/α-hetero) is 1. The summed E-state index contributed by atoms with van der Waals surface area (Å²) in [5, 5.41) is 22.9. The van der Waals surface area contributed by atoms with Crippen molar-refractivity contribution in [3.05, 3.63) is 69.8 Å². The van der Waals surface area contributed by atoms with Gasteiger partial charge in [0.25, 0.3) is 5.69 Å². The standard InChI is InChI=1S/C19H15N3O4/c20-11-17(12-5-9-16(10-6-12)22(25)26)18(23)13-3-7-15(8-4-13)21-19(24)14-1-2-14/h3-10,14,17H,1-2H2,(H,21,24)/t17-/m0/s1. The van der Waals surface area contributed by atoms with E-state index in [2.05, 4.69) is 5.32 Å². The van der Waals surface area contributed by atoms with Gasteiger partial charge in [-0.25, -0.2) is 0 Å². The number of amides is 1. The van der Waals surface area contributed by atoms with Gasteiger partial charge >= 0.3 is 0 Å². The Morgan fingerprint density at radius 1 is 1.12 bits per heavy atom. The Labute approximate surface area is 149 Å². The fourth-order valence-electron chi connectivity index (χ4n) is 2.55. The number of nitriles is 1. The molecule has 0 unspecified atom stereocenters. The van der Waals surface area contributed by atoms with Crippen LogP contribution in [-0.2, 0) is 4.79 Å². The first-order valence-electron chi connectivity index (χ1n) is 8.08. The lowest BCUT2D eigenvalue weighted by atomic mass is 9.91. The molecule has 3 rings (SSSR count). The van der Waals surface area contributed by atoms with Crippen LogP contribution in [0.5, 0.6) is 0 Å². The third kappa shape index (κ3) is 3.75. The van der Waals surface area contributed by atoms with Crippen LogP contribution in [0.4, 0.5) is 11.4 Å². The van der Waals surface area contributed by atoms with Crippen molar-refractivity contribution in [2.75, 3.05) is 5.32 Å². The molecule has 0 heterocycles. The van der Waals surface area contributed by atoms with Crippen LogP contribution in [0.3, 0.4) is 0 Å². The van der Waals surface area contributed by atoms with Crippen molar-refractivity contribution in [3.8, 4) is 6.07 Å². The summed E-state index contributed by atoms with van der Waals surface area (Å²) in [5.41, 5.74) is 1.23. The van der Waals surface area contributed by atoms with Gasteiger partial charge in [-0.1, -0.05) is 12.1 Å². The highest BCUT2D eigenvalue weighted by molar-refractivity contribution is 6.03. The van der Waals surface area contributed by atoms with Gasteiger partial charge in [0.1, 0.15) is 5.92 Å². The molecule has 7 nitrogen and oxygen atoms in total. The Morgan fingerprint density at radius 2 is 1.73 bits per heavy atom. The molecule has 1 saturated carbocycles. The fourth-order valence-corrected chi connectivity index (χ4v) is 2.55. The monoisotopic (exact) mass is 349 g/mol. The Hall–Kier alpha value is -3.53. The van der Waals surface area contributed by atoms with Crippen molar-refractivity contribution < 1.29 is 14.5 Å². The minimum Gasteiger partial charge on any atom is -0.326 e. The SMILES string of the molecule is N#C[C@H](C(=O)c1ccc(NC(=O)C2CC2)cc1)c1ccc([N+](=O)[O-])cc1. The maximum atomic E-state index is 12.6. The van der Waals surface area contributed by atoms with Gasteiger partial charge in [0.05, 0.1) is 11.0 Å². The summed E-state index contributed by atoms with van der Waals surface area (Å²) in [7, 11) is 0. The molecule has 2 aromatic carbocycles. The van der Waals surface area contributed by atoms with Crippen molar-refractivity contribution in [1.29, 1.82) is 5.26 Å². The number of nitrogens with one attached hydrogen (secondary N) is 1. The maximum Gasteiger partial charge on any atom is 0.269 e. The van der Waals surface area contributed by atoms with Gasteiger partial charge in [0.2, 0.25) is 5.91 Å². The molecule has 1 fully saturated rings. The van der Waals surface area contributed by atoms with Crippen molar-refractivity contribution in [3.63, 3.8) is 0 Å².